The zero-order chi connectivity index (χ0) is 15.4. The standard InChI is InChI=1S/C14H14Cl2N2O2S/c1-8-9(5-6-19)13(20)18-14(17-8)21-7-10-11(15)3-2-4-12(10)16/h2-4,19H,5-7H2,1H3,(H,17,18,20). The predicted octanol–water partition coefficient (Wildman–Crippen LogP) is 3.21. The highest BCUT2D eigenvalue weighted by atomic mass is 35.5. The first-order chi connectivity index (χ1) is 10.0. The summed E-state index contributed by atoms with van der Waals surface area (Å²) in [5.41, 5.74) is 1.73. The second-order valence-corrected chi connectivity index (χ2v) is 6.18. The van der Waals surface area contributed by atoms with Gasteiger partial charge in [-0.25, -0.2) is 4.98 Å². The van der Waals surface area contributed by atoms with Crippen LogP contribution in [0.1, 0.15) is 16.8 Å². The van der Waals surface area contributed by atoms with Gasteiger partial charge < -0.3 is 10.1 Å². The third-order valence-corrected chi connectivity index (χ3v) is 4.59. The summed E-state index contributed by atoms with van der Waals surface area (Å²) in [7, 11) is 0. The molecule has 0 saturated carbocycles. The maximum atomic E-state index is 11.9. The number of aryl methyl sites for hydroxylation is 1. The molecule has 0 aliphatic carbocycles. The number of rotatable bonds is 5. The summed E-state index contributed by atoms with van der Waals surface area (Å²) >= 11 is 13.6. The van der Waals surface area contributed by atoms with E-state index in [0.717, 1.165) is 5.56 Å². The Hall–Kier alpha value is -1.01. The molecule has 7 heteroatoms. The highest BCUT2D eigenvalue weighted by Gasteiger charge is 2.10. The van der Waals surface area contributed by atoms with Crippen LogP contribution in [-0.4, -0.2) is 21.7 Å². The van der Waals surface area contributed by atoms with E-state index in [9.17, 15) is 4.79 Å². The average molecular weight is 345 g/mol. The highest BCUT2D eigenvalue weighted by Crippen LogP contribution is 2.30. The minimum Gasteiger partial charge on any atom is -0.396 e. The number of aliphatic hydroxyl groups excluding tert-OH is 1. The van der Waals surface area contributed by atoms with Crippen molar-refractivity contribution in [1.29, 1.82) is 0 Å². The first-order valence-electron chi connectivity index (χ1n) is 6.29. The number of nitrogens with zero attached hydrogens (tertiary/aromatic N) is 1. The number of hydrogen-bond donors (Lipinski definition) is 2. The average Bonchev–Trinajstić information content (AvgIpc) is 2.42. The van der Waals surface area contributed by atoms with Crippen molar-refractivity contribution in [3.8, 4) is 0 Å². The van der Waals surface area contributed by atoms with Crippen LogP contribution >= 0.6 is 35.0 Å². The zero-order valence-electron chi connectivity index (χ0n) is 11.3. The number of aromatic nitrogens is 2. The van der Waals surface area contributed by atoms with E-state index < -0.39 is 0 Å². The second kappa shape index (κ2) is 7.31. The smallest absolute Gasteiger partial charge is 0.255 e. The van der Waals surface area contributed by atoms with Crippen LogP contribution in [0.3, 0.4) is 0 Å². The first kappa shape index (κ1) is 16.4. The van der Waals surface area contributed by atoms with Crippen LogP contribution in [0.5, 0.6) is 0 Å². The van der Waals surface area contributed by atoms with Gasteiger partial charge in [0, 0.05) is 40.1 Å². The molecular formula is C14H14Cl2N2O2S. The lowest BCUT2D eigenvalue weighted by atomic mass is 10.2. The van der Waals surface area contributed by atoms with E-state index in [-0.39, 0.29) is 12.2 Å². The first-order valence-corrected chi connectivity index (χ1v) is 8.03. The van der Waals surface area contributed by atoms with Gasteiger partial charge in [0.2, 0.25) is 0 Å². The number of thioether (sulfide) groups is 1. The Kier molecular flexibility index (Phi) is 5.70. The van der Waals surface area contributed by atoms with Gasteiger partial charge in [0.1, 0.15) is 0 Å². The number of benzene rings is 1. The van der Waals surface area contributed by atoms with Gasteiger partial charge in [-0.05, 0) is 24.6 Å². The summed E-state index contributed by atoms with van der Waals surface area (Å²) in [6.07, 6.45) is 0.301. The molecule has 112 valence electrons. The van der Waals surface area contributed by atoms with Crippen LogP contribution in [-0.2, 0) is 12.2 Å². The van der Waals surface area contributed by atoms with Gasteiger partial charge in [-0.3, -0.25) is 4.79 Å². The maximum absolute atomic E-state index is 11.9. The quantitative estimate of drug-likeness (QED) is 0.645. The normalized spacial score (nSPS) is 10.9. The molecule has 0 aliphatic rings. The second-order valence-electron chi connectivity index (χ2n) is 4.40. The minimum absolute atomic E-state index is 0.0761. The van der Waals surface area contributed by atoms with Crippen LogP contribution in [0, 0.1) is 6.92 Å². The summed E-state index contributed by atoms with van der Waals surface area (Å²) in [5, 5.41) is 10.6. The zero-order valence-corrected chi connectivity index (χ0v) is 13.6. The Balaban J connectivity index is 2.20. The molecule has 0 aliphatic heterocycles. The number of aliphatic hydroxyl groups is 1. The van der Waals surface area contributed by atoms with Gasteiger partial charge in [-0.1, -0.05) is 41.0 Å². The summed E-state index contributed by atoms with van der Waals surface area (Å²) in [6.45, 7) is 1.68. The number of halogens is 2. The molecule has 0 amide bonds. The van der Waals surface area contributed by atoms with Crippen molar-refractivity contribution < 1.29 is 5.11 Å². The van der Waals surface area contributed by atoms with Crippen molar-refractivity contribution >= 4 is 35.0 Å². The SMILES string of the molecule is Cc1nc(SCc2c(Cl)cccc2Cl)[nH]c(=O)c1CCO. The maximum Gasteiger partial charge on any atom is 0.255 e. The summed E-state index contributed by atoms with van der Waals surface area (Å²) in [6, 6.07) is 5.33. The Morgan fingerprint density at radius 2 is 1.95 bits per heavy atom. The lowest BCUT2D eigenvalue weighted by Gasteiger charge is -2.08. The summed E-state index contributed by atoms with van der Waals surface area (Å²) in [4.78, 5) is 19.0. The van der Waals surface area contributed by atoms with E-state index >= 15 is 0 Å². The largest absolute Gasteiger partial charge is 0.396 e. The number of hydrogen-bond acceptors (Lipinski definition) is 4. The molecule has 1 heterocycles. The molecule has 0 unspecified atom stereocenters. The van der Waals surface area contributed by atoms with Crippen molar-refractivity contribution in [2.45, 2.75) is 24.3 Å². The third kappa shape index (κ3) is 4.01. The fourth-order valence-electron chi connectivity index (χ4n) is 1.87. The van der Waals surface area contributed by atoms with Gasteiger partial charge in [0.15, 0.2) is 5.16 Å². The Bertz CT molecular complexity index is 684. The van der Waals surface area contributed by atoms with Crippen molar-refractivity contribution in [3.05, 3.63) is 55.4 Å². The Morgan fingerprint density at radius 3 is 2.52 bits per heavy atom. The van der Waals surface area contributed by atoms with Crippen LogP contribution in [0.2, 0.25) is 10.0 Å². The van der Waals surface area contributed by atoms with Crippen LogP contribution in [0.15, 0.2) is 28.2 Å². The van der Waals surface area contributed by atoms with E-state index in [4.69, 9.17) is 28.3 Å². The predicted molar refractivity (Wildman–Crippen MR) is 86.4 cm³/mol. The van der Waals surface area contributed by atoms with Gasteiger partial charge in [0.25, 0.3) is 5.56 Å². The van der Waals surface area contributed by atoms with E-state index in [1.54, 1.807) is 25.1 Å². The van der Waals surface area contributed by atoms with Gasteiger partial charge in [0.05, 0.1) is 0 Å². The monoisotopic (exact) mass is 344 g/mol. The van der Waals surface area contributed by atoms with Crippen molar-refractivity contribution in [3.63, 3.8) is 0 Å². The topological polar surface area (TPSA) is 66.0 Å². The molecule has 0 spiro atoms. The van der Waals surface area contributed by atoms with E-state index in [2.05, 4.69) is 9.97 Å². The van der Waals surface area contributed by atoms with Gasteiger partial charge >= 0.3 is 0 Å². The molecule has 2 N–H and O–H groups in total. The molecule has 0 bridgehead atoms. The lowest BCUT2D eigenvalue weighted by Crippen LogP contribution is -2.18. The molecule has 0 saturated heterocycles. The summed E-state index contributed by atoms with van der Waals surface area (Å²) < 4.78 is 0. The number of nitrogens with one attached hydrogen (secondary N) is 1. The van der Waals surface area contributed by atoms with Crippen LogP contribution in [0.4, 0.5) is 0 Å². The van der Waals surface area contributed by atoms with Crippen molar-refractivity contribution in [2.75, 3.05) is 6.61 Å². The fraction of sp³-hybridized carbons (Fsp3) is 0.286. The Labute approximate surface area is 136 Å². The fourth-order valence-corrected chi connectivity index (χ4v) is 3.52. The number of aromatic amines is 1. The molecule has 1 aromatic heterocycles. The van der Waals surface area contributed by atoms with Crippen LogP contribution in [0.25, 0.3) is 0 Å². The van der Waals surface area contributed by atoms with Crippen molar-refractivity contribution in [1.82, 2.24) is 9.97 Å². The van der Waals surface area contributed by atoms with E-state index in [1.807, 2.05) is 0 Å². The number of H-pyrrole nitrogens is 1. The van der Waals surface area contributed by atoms with Gasteiger partial charge in [-0.2, -0.15) is 0 Å². The molecule has 1 aromatic carbocycles. The molecule has 0 fully saturated rings. The molecule has 2 rings (SSSR count). The van der Waals surface area contributed by atoms with Gasteiger partial charge in [-0.15, -0.1) is 0 Å². The molecule has 4 nitrogen and oxygen atoms in total. The van der Waals surface area contributed by atoms with Crippen molar-refractivity contribution in [2.24, 2.45) is 0 Å². The highest BCUT2D eigenvalue weighted by molar-refractivity contribution is 7.98. The molecule has 0 atom stereocenters. The Morgan fingerprint density at radius 1 is 1.29 bits per heavy atom. The lowest BCUT2D eigenvalue weighted by molar-refractivity contribution is 0.298. The molecule has 21 heavy (non-hydrogen) atoms. The summed E-state index contributed by atoms with van der Waals surface area (Å²) in [5.74, 6) is 0.514. The molecule has 0 radical (unpaired) electrons. The molecular weight excluding hydrogens is 331 g/mol. The van der Waals surface area contributed by atoms with Crippen LogP contribution < -0.4 is 5.56 Å². The molecule has 2 aromatic rings. The van der Waals surface area contributed by atoms with E-state index in [0.29, 0.717) is 38.6 Å². The minimum atomic E-state index is -0.218. The van der Waals surface area contributed by atoms with E-state index in [1.165, 1.54) is 11.8 Å². The third-order valence-electron chi connectivity index (χ3n) is 2.98.